The van der Waals surface area contributed by atoms with E-state index in [-0.39, 0.29) is 190 Å². The van der Waals surface area contributed by atoms with Gasteiger partial charge < -0.3 is 61.3 Å². The quantitative estimate of drug-likeness (QED) is 0.0356. The van der Waals surface area contributed by atoms with Crippen LogP contribution in [0.1, 0.15) is 366 Å². The van der Waals surface area contributed by atoms with Gasteiger partial charge in [-0.05, 0) is 174 Å². The number of carboxylic acid groups (broad SMARTS) is 6. The second kappa shape index (κ2) is 42.6. The SMILES string of the molecule is CC(C)c1cc(C(=O)O)c(O)c(C(C)C)c1.CC(C)c1cc(C(=O)O)c(O)c(C(C)C)c1.CC(C)c1cc(C(=O)O)c(O)c(C(C)C)c1.CC(C)c1cc(C(=O)O)c(O)c(C(C)C)c1.CC(C)c1cc(C(=O)O)c(O)c(C(C)C)c1.CC(C)c1cc(C(=O)O)c(O)c(C(C)C)c1.[Cu].[Mn].[Mn]. The summed E-state index contributed by atoms with van der Waals surface area (Å²) < 4.78 is 0. The van der Waals surface area contributed by atoms with Crippen molar-refractivity contribution in [3.8, 4) is 34.5 Å². The van der Waals surface area contributed by atoms with E-state index in [1.165, 1.54) is 0 Å². The van der Waals surface area contributed by atoms with E-state index in [2.05, 4.69) is 0 Å². The first-order chi connectivity index (χ1) is 44.0. The second-order valence-electron chi connectivity index (χ2n) is 27.7. The average molecular weight is 1510 g/mol. The molecule has 0 heterocycles. The Morgan fingerprint density at radius 1 is 0.202 bits per heavy atom. The van der Waals surface area contributed by atoms with Crippen molar-refractivity contribution in [2.45, 2.75) is 237 Å². The van der Waals surface area contributed by atoms with E-state index in [4.69, 9.17) is 30.6 Å². The molecule has 0 aromatic heterocycles. The summed E-state index contributed by atoms with van der Waals surface area (Å²) in [4.78, 5) is 66.1. The maximum atomic E-state index is 11.0. The van der Waals surface area contributed by atoms with Crippen LogP contribution in [0.5, 0.6) is 34.5 Å². The van der Waals surface area contributed by atoms with Gasteiger partial charge in [-0.2, -0.15) is 0 Å². The Morgan fingerprint density at radius 3 is 0.354 bits per heavy atom. The Balaban J connectivity index is -0.00000111. The number of aromatic carboxylic acids is 6. The summed E-state index contributed by atoms with van der Waals surface area (Å²) in [6.07, 6.45) is 0. The fourth-order valence-electron chi connectivity index (χ4n) is 9.70. The number of phenols is 6. The first-order valence-corrected chi connectivity index (χ1v) is 32.7. The van der Waals surface area contributed by atoms with Crippen LogP contribution in [0.25, 0.3) is 0 Å². The minimum atomic E-state index is -1.08. The van der Waals surface area contributed by atoms with Gasteiger partial charge in [-0.3, -0.25) is 0 Å². The number of rotatable bonds is 18. The van der Waals surface area contributed by atoms with Gasteiger partial charge in [-0.25, -0.2) is 28.8 Å². The third kappa shape index (κ3) is 27.5. The van der Waals surface area contributed by atoms with Crippen LogP contribution >= 0.6 is 0 Å². The summed E-state index contributed by atoms with van der Waals surface area (Å²) in [5.74, 6) is -4.99. The van der Waals surface area contributed by atoms with Gasteiger partial charge in [0.2, 0.25) is 0 Å². The Kier molecular flexibility index (Phi) is 41.1. The van der Waals surface area contributed by atoms with Crippen molar-refractivity contribution < 1.29 is 141 Å². The molecule has 6 aromatic carbocycles. The van der Waals surface area contributed by atoms with Gasteiger partial charge in [0.15, 0.2) is 0 Å². The van der Waals surface area contributed by atoms with E-state index in [9.17, 15) is 59.4 Å². The Morgan fingerprint density at radius 2 is 0.293 bits per heavy atom. The number of benzene rings is 6. The zero-order valence-electron chi connectivity index (χ0n) is 61.7. The standard InChI is InChI=1S/6C13H18O3.Cu.2Mn/c6*1-7(2)9-5-10(8(3)4)12(14)11(6-9)13(15)16;;;/h6*5-8,14H,1-4H3,(H,15,16);;;. The molecule has 21 heteroatoms. The van der Waals surface area contributed by atoms with Gasteiger partial charge in [0.25, 0.3) is 0 Å². The molecule has 0 bridgehead atoms. The van der Waals surface area contributed by atoms with Crippen molar-refractivity contribution in [3.05, 3.63) is 173 Å². The summed E-state index contributed by atoms with van der Waals surface area (Å²) in [6.45, 7) is 47.2. The molecule has 0 saturated heterocycles. The van der Waals surface area contributed by atoms with Crippen LogP contribution in [0.4, 0.5) is 0 Å². The van der Waals surface area contributed by atoms with Crippen molar-refractivity contribution >= 4 is 35.8 Å². The molecule has 0 saturated carbocycles. The van der Waals surface area contributed by atoms with E-state index in [1.807, 2.05) is 203 Å². The number of hydrogen-bond acceptors (Lipinski definition) is 12. The molecule has 99 heavy (non-hydrogen) atoms. The minimum absolute atomic E-state index is 0. The van der Waals surface area contributed by atoms with Gasteiger partial charge in [0.1, 0.15) is 67.9 Å². The molecule has 0 fully saturated rings. The third-order valence-electron chi connectivity index (χ3n) is 16.1. The molecule has 0 atom stereocenters. The summed E-state index contributed by atoms with van der Waals surface area (Å²) in [5, 5.41) is 113. The van der Waals surface area contributed by atoms with Gasteiger partial charge in [-0.1, -0.05) is 203 Å². The first kappa shape index (κ1) is 95.7. The molecule has 0 spiro atoms. The van der Waals surface area contributed by atoms with Crippen LogP contribution in [0.15, 0.2) is 72.8 Å². The fourth-order valence-corrected chi connectivity index (χ4v) is 9.70. The molecule has 18 nitrogen and oxygen atoms in total. The maximum Gasteiger partial charge on any atom is 0.339 e. The third-order valence-corrected chi connectivity index (χ3v) is 16.1. The van der Waals surface area contributed by atoms with Crippen LogP contribution in [0.3, 0.4) is 0 Å². The van der Waals surface area contributed by atoms with E-state index in [1.54, 1.807) is 36.4 Å². The number of carboxylic acids is 6. The molecule has 0 amide bonds. The van der Waals surface area contributed by atoms with Gasteiger partial charge in [0, 0.05) is 51.2 Å². The molecule has 553 valence electrons. The maximum absolute atomic E-state index is 11.0. The minimum Gasteiger partial charge on any atom is -0.507 e. The summed E-state index contributed by atoms with van der Waals surface area (Å²) in [5.41, 5.74) is 9.82. The molecule has 6 aromatic rings. The predicted octanol–water partition coefficient (Wildman–Crippen LogP) is 20.0. The largest absolute Gasteiger partial charge is 0.507 e. The Bertz CT molecular complexity index is 3070. The Hall–Kier alpha value is -7.50. The van der Waals surface area contributed by atoms with Crippen LogP contribution in [0.2, 0.25) is 0 Å². The Labute approximate surface area is 617 Å². The van der Waals surface area contributed by atoms with E-state index in [0.29, 0.717) is 33.4 Å². The van der Waals surface area contributed by atoms with Crippen molar-refractivity contribution in [2.24, 2.45) is 0 Å². The van der Waals surface area contributed by atoms with Gasteiger partial charge >= 0.3 is 35.8 Å². The molecule has 6 rings (SSSR count). The molecule has 0 aliphatic heterocycles. The fraction of sp³-hybridized carbons (Fsp3) is 0.462. The number of carbonyl (C=O) groups is 6. The predicted molar refractivity (Wildman–Crippen MR) is 379 cm³/mol. The molecule has 12 N–H and O–H groups in total. The second-order valence-corrected chi connectivity index (χ2v) is 27.7. The van der Waals surface area contributed by atoms with E-state index < -0.39 is 35.8 Å². The van der Waals surface area contributed by atoms with E-state index in [0.717, 1.165) is 33.4 Å². The van der Waals surface area contributed by atoms with Crippen molar-refractivity contribution in [3.63, 3.8) is 0 Å². The molecule has 0 unspecified atom stereocenters. The zero-order chi connectivity index (χ0) is 74.7. The van der Waals surface area contributed by atoms with Crippen molar-refractivity contribution in [1.82, 2.24) is 0 Å². The molecule has 0 aliphatic carbocycles. The average Bonchev–Trinajstić information content (AvgIpc) is 0.863. The molecular weight excluding hydrogens is 1400 g/mol. The smallest absolute Gasteiger partial charge is 0.339 e. The van der Waals surface area contributed by atoms with Gasteiger partial charge in [-0.15, -0.1) is 0 Å². The summed E-state index contributed by atoms with van der Waals surface area (Å²) in [6, 6.07) is 20.6. The van der Waals surface area contributed by atoms with Crippen LogP contribution < -0.4 is 0 Å². The number of hydrogen-bond donors (Lipinski definition) is 12. The van der Waals surface area contributed by atoms with Crippen molar-refractivity contribution in [1.29, 1.82) is 0 Å². The zero-order valence-corrected chi connectivity index (χ0v) is 65.0. The van der Waals surface area contributed by atoms with Crippen LogP contribution in [-0.4, -0.2) is 97.1 Å². The molecule has 3 radical (unpaired) electrons. The topological polar surface area (TPSA) is 345 Å². The van der Waals surface area contributed by atoms with Crippen LogP contribution in [0, 0.1) is 0 Å². The van der Waals surface area contributed by atoms with E-state index >= 15 is 0 Å². The van der Waals surface area contributed by atoms with Gasteiger partial charge in [0.05, 0.1) is 0 Å². The monoisotopic (exact) mass is 1510 g/mol. The molecular formula is C78H108CuMn2O18. The summed E-state index contributed by atoms with van der Waals surface area (Å²) in [7, 11) is 0. The number of aromatic hydroxyl groups is 6. The van der Waals surface area contributed by atoms with Crippen molar-refractivity contribution in [2.75, 3.05) is 0 Å². The first-order valence-electron chi connectivity index (χ1n) is 32.7. The summed E-state index contributed by atoms with van der Waals surface area (Å²) >= 11 is 0. The normalized spacial score (nSPS) is 10.8. The molecule has 0 aliphatic rings. The van der Waals surface area contributed by atoms with Crippen LogP contribution in [-0.2, 0) is 51.2 Å².